The Morgan fingerprint density at radius 3 is 2.56 bits per heavy atom. The second-order valence-electron chi connectivity index (χ2n) is 3.53. The van der Waals surface area contributed by atoms with Crippen LogP contribution in [0.15, 0.2) is 48.7 Å². The van der Waals surface area contributed by atoms with E-state index in [-0.39, 0.29) is 11.6 Å². The molecular weight excluding hydrogens is 233 g/mol. The molecule has 0 saturated heterocycles. The fourth-order valence-corrected chi connectivity index (χ4v) is 1.41. The van der Waals surface area contributed by atoms with E-state index in [1.165, 1.54) is 6.20 Å². The average molecular weight is 245 g/mol. The first-order valence-electron chi connectivity index (χ1n) is 5.40. The number of nitrogens with zero attached hydrogens (tertiary/aromatic N) is 1. The summed E-state index contributed by atoms with van der Waals surface area (Å²) in [6.45, 7) is 0.329. The first-order valence-corrected chi connectivity index (χ1v) is 5.40. The van der Waals surface area contributed by atoms with E-state index in [0.717, 1.165) is 5.56 Å². The molecule has 18 heavy (non-hydrogen) atoms. The van der Waals surface area contributed by atoms with Gasteiger partial charge in [-0.05, 0) is 17.7 Å². The van der Waals surface area contributed by atoms with Gasteiger partial charge in [-0.1, -0.05) is 30.3 Å². The molecule has 0 amide bonds. The van der Waals surface area contributed by atoms with Crippen molar-refractivity contribution in [2.75, 3.05) is 0 Å². The summed E-state index contributed by atoms with van der Waals surface area (Å²) in [5.41, 5.74) is 0.985. The molecule has 5 nitrogen and oxygen atoms in total. The lowest BCUT2D eigenvalue weighted by molar-refractivity contribution is 0.255. The van der Waals surface area contributed by atoms with Crippen molar-refractivity contribution in [3.05, 3.63) is 54.2 Å². The van der Waals surface area contributed by atoms with Gasteiger partial charge in [0, 0.05) is 6.20 Å². The van der Waals surface area contributed by atoms with Crippen LogP contribution in [0.2, 0.25) is 0 Å². The molecule has 1 aromatic heterocycles. The molecule has 2 rings (SSSR count). The molecule has 92 valence electrons. The Morgan fingerprint density at radius 2 is 1.83 bits per heavy atom. The van der Waals surface area contributed by atoms with Gasteiger partial charge in [-0.15, -0.1) is 0 Å². The summed E-state index contributed by atoms with van der Waals surface area (Å²) in [7, 11) is -1.90. The Balaban J connectivity index is 2.05. The molecule has 0 aliphatic heterocycles. The lowest BCUT2D eigenvalue weighted by atomic mass is 10.2. The van der Waals surface area contributed by atoms with Crippen LogP contribution in [0.25, 0.3) is 0 Å². The maximum Gasteiger partial charge on any atom is 0.707 e. The molecule has 0 atom stereocenters. The zero-order valence-electron chi connectivity index (χ0n) is 9.56. The van der Waals surface area contributed by atoms with Crippen LogP contribution in [0, 0.1) is 0 Å². The predicted octanol–water partition coefficient (Wildman–Crippen LogP) is 1.01. The quantitative estimate of drug-likeness (QED) is 0.769. The molecule has 0 aliphatic carbocycles. The smallest absolute Gasteiger partial charge is 0.508 e. The zero-order valence-corrected chi connectivity index (χ0v) is 9.56. The van der Waals surface area contributed by atoms with E-state index in [2.05, 4.69) is 4.98 Å². The fraction of sp³-hybridized carbons (Fsp3) is 0.0833. The van der Waals surface area contributed by atoms with Crippen molar-refractivity contribution in [2.24, 2.45) is 0 Å². The Labute approximate surface area is 105 Å². The summed E-state index contributed by atoms with van der Waals surface area (Å²) in [6, 6.07) is 12.7. The van der Waals surface area contributed by atoms with Gasteiger partial charge in [0.1, 0.15) is 6.61 Å². The number of benzene rings is 1. The van der Waals surface area contributed by atoms with E-state index in [0.29, 0.717) is 6.61 Å². The highest BCUT2D eigenvalue weighted by molar-refractivity contribution is 6.33. The van der Waals surface area contributed by atoms with Crippen molar-refractivity contribution in [2.45, 2.75) is 6.61 Å². The molecule has 2 N–H and O–H groups in total. The highest BCUT2D eigenvalue weighted by atomic mass is 16.6. The summed E-state index contributed by atoms with van der Waals surface area (Å²) in [4.78, 5) is 3.98. The summed E-state index contributed by atoms with van der Waals surface area (Å²) in [5, 5.41) is 17.5. The maximum atomic E-state index is 8.77. The molecule has 0 saturated carbocycles. The number of rotatable bonds is 5. The Hall–Kier alpha value is -2.05. The molecule has 1 heterocycles. The summed E-state index contributed by atoms with van der Waals surface area (Å²) >= 11 is 0. The minimum absolute atomic E-state index is 0.184. The van der Waals surface area contributed by atoms with Crippen LogP contribution in [0.4, 0.5) is 0 Å². The summed E-state index contributed by atoms with van der Waals surface area (Å²) in [5.74, 6) is 0.401. The highest BCUT2D eigenvalue weighted by Gasteiger charge is 2.15. The van der Waals surface area contributed by atoms with Gasteiger partial charge < -0.3 is 19.4 Å². The number of hydrogen-bond acceptors (Lipinski definition) is 5. The first-order chi connectivity index (χ1) is 8.75. The molecule has 0 fully saturated rings. The van der Waals surface area contributed by atoms with E-state index in [9.17, 15) is 0 Å². The minimum atomic E-state index is -1.90. The van der Waals surface area contributed by atoms with Crippen LogP contribution in [-0.2, 0) is 6.61 Å². The van der Waals surface area contributed by atoms with Crippen molar-refractivity contribution in [1.29, 1.82) is 0 Å². The van der Waals surface area contributed by atoms with Crippen LogP contribution in [0.5, 0.6) is 11.6 Å². The lowest BCUT2D eigenvalue weighted by Gasteiger charge is -2.10. The normalized spacial score (nSPS) is 9.89. The van der Waals surface area contributed by atoms with Crippen molar-refractivity contribution >= 4 is 7.32 Å². The van der Waals surface area contributed by atoms with Crippen molar-refractivity contribution < 1.29 is 19.4 Å². The van der Waals surface area contributed by atoms with E-state index in [4.69, 9.17) is 19.4 Å². The van der Waals surface area contributed by atoms with Gasteiger partial charge in [0.15, 0.2) is 5.75 Å². The van der Waals surface area contributed by atoms with Gasteiger partial charge in [0.2, 0.25) is 0 Å². The van der Waals surface area contributed by atoms with Crippen LogP contribution >= 0.6 is 0 Å². The van der Waals surface area contributed by atoms with Gasteiger partial charge in [-0.25, -0.2) is 4.98 Å². The molecule has 0 aliphatic rings. The van der Waals surface area contributed by atoms with E-state index in [1.54, 1.807) is 12.1 Å². The Morgan fingerprint density at radius 1 is 1.06 bits per heavy atom. The molecule has 0 spiro atoms. The fourth-order valence-electron chi connectivity index (χ4n) is 1.41. The highest BCUT2D eigenvalue weighted by Crippen LogP contribution is 2.24. The largest absolute Gasteiger partial charge is 0.707 e. The average Bonchev–Trinajstić information content (AvgIpc) is 2.38. The Kier molecular flexibility index (Phi) is 4.17. The number of aromatic nitrogens is 1. The topological polar surface area (TPSA) is 71.8 Å². The number of hydrogen-bond donors (Lipinski definition) is 2. The molecule has 0 radical (unpaired) electrons. The van der Waals surface area contributed by atoms with Gasteiger partial charge in [-0.2, -0.15) is 0 Å². The molecule has 2 aromatic rings. The van der Waals surface area contributed by atoms with Crippen LogP contribution in [0.3, 0.4) is 0 Å². The maximum absolute atomic E-state index is 8.77. The third kappa shape index (κ3) is 3.48. The Bertz CT molecular complexity index is 492. The van der Waals surface area contributed by atoms with Crippen molar-refractivity contribution in [3.8, 4) is 11.6 Å². The standard InChI is InChI=1S/C12H12BNO4/c15-13(16)18-11-7-4-8-14-12(11)17-9-10-5-2-1-3-6-10/h1-8,15-16H,9H2. The summed E-state index contributed by atoms with van der Waals surface area (Å²) in [6.07, 6.45) is 1.54. The van der Waals surface area contributed by atoms with Gasteiger partial charge >= 0.3 is 7.32 Å². The predicted molar refractivity (Wildman–Crippen MR) is 65.8 cm³/mol. The molecular formula is C12H12BNO4. The third-order valence-corrected chi connectivity index (χ3v) is 2.19. The van der Waals surface area contributed by atoms with Crippen LogP contribution < -0.4 is 9.39 Å². The van der Waals surface area contributed by atoms with Gasteiger partial charge in [-0.3, -0.25) is 0 Å². The van der Waals surface area contributed by atoms with Gasteiger partial charge in [0.05, 0.1) is 0 Å². The van der Waals surface area contributed by atoms with E-state index < -0.39 is 7.32 Å². The van der Waals surface area contributed by atoms with Crippen molar-refractivity contribution in [3.63, 3.8) is 0 Å². The van der Waals surface area contributed by atoms with Crippen LogP contribution in [0.1, 0.15) is 5.56 Å². The van der Waals surface area contributed by atoms with E-state index in [1.807, 2.05) is 30.3 Å². The molecule has 0 unspecified atom stereocenters. The second-order valence-corrected chi connectivity index (χ2v) is 3.53. The van der Waals surface area contributed by atoms with Crippen molar-refractivity contribution in [1.82, 2.24) is 4.98 Å². The molecule has 6 heteroatoms. The monoisotopic (exact) mass is 245 g/mol. The molecule has 0 bridgehead atoms. The second kappa shape index (κ2) is 6.04. The van der Waals surface area contributed by atoms with E-state index >= 15 is 0 Å². The minimum Gasteiger partial charge on any atom is -0.508 e. The summed E-state index contributed by atoms with van der Waals surface area (Å²) < 4.78 is 10.2. The zero-order chi connectivity index (χ0) is 12.8. The van der Waals surface area contributed by atoms with Gasteiger partial charge in [0.25, 0.3) is 5.88 Å². The SMILES string of the molecule is OB(O)Oc1cccnc1OCc1ccccc1. The number of pyridine rings is 1. The molecule has 1 aromatic carbocycles. The number of ether oxygens (including phenoxy) is 1. The first kappa shape index (κ1) is 12.4. The van der Waals surface area contributed by atoms with Crippen LogP contribution in [-0.4, -0.2) is 22.4 Å². The third-order valence-electron chi connectivity index (χ3n) is 2.19. The lowest BCUT2D eigenvalue weighted by Crippen LogP contribution is -2.21.